The zero-order chi connectivity index (χ0) is 11.9. The largest absolute Gasteiger partial charge is 0.328 e. The Labute approximate surface area is 96.3 Å². The Morgan fingerprint density at radius 3 is 2.50 bits per heavy atom. The fraction of sp³-hybridized carbons (Fsp3) is 0.462. The second-order valence-corrected chi connectivity index (χ2v) is 5.06. The third-order valence-corrected chi connectivity index (χ3v) is 3.31. The monoisotopic (exact) mass is 217 g/mol. The molecule has 0 saturated heterocycles. The molecule has 3 nitrogen and oxygen atoms in total. The van der Waals surface area contributed by atoms with Gasteiger partial charge in [0.25, 0.3) is 0 Å². The van der Waals surface area contributed by atoms with Crippen LogP contribution in [-0.2, 0) is 5.54 Å². The van der Waals surface area contributed by atoms with Gasteiger partial charge >= 0.3 is 0 Å². The maximum atomic E-state index is 5.81. The van der Waals surface area contributed by atoms with Crippen LogP contribution in [-0.4, -0.2) is 16.1 Å². The van der Waals surface area contributed by atoms with Gasteiger partial charge in [-0.3, -0.25) is 0 Å². The highest BCUT2D eigenvalue weighted by Crippen LogP contribution is 2.24. The molecule has 0 aliphatic heterocycles. The van der Waals surface area contributed by atoms with Gasteiger partial charge in [-0.05, 0) is 51.0 Å². The molecule has 2 N–H and O–H groups in total. The first-order valence-electron chi connectivity index (χ1n) is 5.60. The zero-order valence-electron chi connectivity index (χ0n) is 10.4. The lowest BCUT2D eigenvalue weighted by atomic mass is 10.0. The van der Waals surface area contributed by atoms with E-state index < -0.39 is 0 Å². The van der Waals surface area contributed by atoms with Crippen molar-refractivity contribution in [3.63, 3.8) is 0 Å². The first-order chi connectivity index (χ1) is 7.45. The summed E-state index contributed by atoms with van der Waals surface area (Å²) >= 11 is 0. The van der Waals surface area contributed by atoms with Crippen molar-refractivity contribution in [2.45, 2.75) is 33.2 Å². The SMILES string of the molecule is Cc1cc2ncn(C(C)(C)CN)c2cc1C. The molecule has 0 atom stereocenters. The second kappa shape index (κ2) is 3.59. The molecule has 1 aromatic heterocycles. The highest BCUT2D eigenvalue weighted by Gasteiger charge is 2.20. The minimum atomic E-state index is -0.0869. The summed E-state index contributed by atoms with van der Waals surface area (Å²) in [5.74, 6) is 0. The van der Waals surface area contributed by atoms with Gasteiger partial charge in [-0.2, -0.15) is 0 Å². The van der Waals surface area contributed by atoms with Gasteiger partial charge in [-0.15, -0.1) is 0 Å². The molecule has 0 saturated carbocycles. The van der Waals surface area contributed by atoms with Gasteiger partial charge in [-0.25, -0.2) is 4.98 Å². The number of aromatic nitrogens is 2. The predicted molar refractivity (Wildman–Crippen MR) is 67.6 cm³/mol. The third kappa shape index (κ3) is 1.61. The van der Waals surface area contributed by atoms with E-state index in [-0.39, 0.29) is 5.54 Å². The number of nitrogens with two attached hydrogens (primary N) is 1. The lowest BCUT2D eigenvalue weighted by Crippen LogP contribution is -2.34. The molecule has 0 aliphatic carbocycles. The summed E-state index contributed by atoms with van der Waals surface area (Å²) in [6, 6.07) is 4.32. The van der Waals surface area contributed by atoms with Crippen molar-refractivity contribution in [3.8, 4) is 0 Å². The van der Waals surface area contributed by atoms with E-state index in [4.69, 9.17) is 5.73 Å². The Balaban J connectivity index is 2.70. The molecule has 16 heavy (non-hydrogen) atoms. The molecule has 0 radical (unpaired) electrons. The molecule has 2 rings (SSSR count). The van der Waals surface area contributed by atoms with Crippen LogP contribution in [0.15, 0.2) is 18.5 Å². The summed E-state index contributed by atoms with van der Waals surface area (Å²) < 4.78 is 2.16. The molecule has 0 unspecified atom stereocenters. The Morgan fingerprint density at radius 1 is 1.25 bits per heavy atom. The van der Waals surface area contributed by atoms with E-state index >= 15 is 0 Å². The summed E-state index contributed by atoms with van der Waals surface area (Å²) in [5, 5.41) is 0. The first-order valence-corrected chi connectivity index (χ1v) is 5.60. The average Bonchev–Trinajstić information content (AvgIpc) is 2.62. The van der Waals surface area contributed by atoms with Crippen molar-refractivity contribution in [3.05, 3.63) is 29.6 Å². The molecule has 0 aliphatic rings. The summed E-state index contributed by atoms with van der Waals surface area (Å²) in [6.07, 6.45) is 1.89. The molecule has 1 heterocycles. The molecule has 3 heteroatoms. The van der Waals surface area contributed by atoms with Gasteiger partial charge < -0.3 is 10.3 Å². The number of hydrogen-bond donors (Lipinski definition) is 1. The number of imidazole rings is 1. The molecular weight excluding hydrogens is 198 g/mol. The van der Waals surface area contributed by atoms with E-state index in [0.717, 1.165) is 5.52 Å². The van der Waals surface area contributed by atoms with Crippen molar-refractivity contribution < 1.29 is 0 Å². The minimum absolute atomic E-state index is 0.0869. The summed E-state index contributed by atoms with van der Waals surface area (Å²) in [5.41, 5.74) is 10.5. The number of hydrogen-bond acceptors (Lipinski definition) is 2. The molecule has 0 bridgehead atoms. The van der Waals surface area contributed by atoms with Gasteiger partial charge in [0.05, 0.1) is 22.9 Å². The maximum Gasteiger partial charge on any atom is 0.0963 e. The second-order valence-electron chi connectivity index (χ2n) is 5.06. The van der Waals surface area contributed by atoms with Crippen molar-refractivity contribution >= 4 is 11.0 Å². The smallest absolute Gasteiger partial charge is 0.0963 e. The summed E-state index contributed by atoms with van der Waals surface area (Å²) in [6.45, 7) is 9.10. The van der Waals surface area contributed by atoms with Gasteiger partial charge in [0.1, 0.15) is 0 Å². The molecule has 0 amide bonds. The van der Waals surface area contributed by atoms with Gasteiger partial charge in [0.15, 0.2) is 0 Å². The number of nitrogens with zero attached hydrogens (tertiary/aromatic N) is 2. The topological polar surface area (TPSA) is 43.8 Å². The molecule has 2 aromatic rings. The molecule has 0 fully saturated rings. The number of aryl methyl sites for hydroxylation is 2. The Kier molecular flexibility index (Phi) is 2.50. The zero-order valence-corrected chi connectivity index (χ0v) is 10.4. The Morgan fingerprint density at radius 2 is 1.88 bits per heavy atom. The van der Waals surface area contributed by atoms with E-state index in [1.54, 1.807) is 0 Å². The number of benzene rings is 1. The first kappa shape index (κ1) is 11.1. The van der Waals surface area contributed by atoms with Gasteiger partial charge in [0, 0.05) is 6.54 Å². The van der Waals surface area contributed by atoms with Crippen LogP contribution < -0.4 is 5.73 Å². The minimum Gasteiger partial charge on any atom is -0.328 e. The van der Waals surface area contributed by atoms with E-state index in [0.29, 0.717) is 6.54 Å². The highest BCUT2D eigenvalue weighted by atomic mass is 15.1. The van der Waals surface area contributed by atoms with Crippen molar-refractivity contribution in [2.75, 3.05) is 6.54 Å². The van der Waals surface area contributed by atoms with Crippen LogP contribution in [0.25, 0.3) is 11.0 Å². The molecular formula is C13H19N3. The van der Waals surface area contributed by atoms with Crippen LogP contribution in [0, 0.1) is 13.8 Å². The van der Waals surface area contributed by atoms with E-state index in [9.17, 15) is 0 Å². The van der Waals surface area contributed by atoms with Crippen LogP contribution in [0.1, 0.15) is 25.0 Å². The number of rotatable bonds is 2. The standard InChI is InChI=1S/C13H19N3/c1-9-5-11-12(6-10(9)2)16(8-15-11)13(3,4)7-14/h5-6,8H,7,14H2,1-4H3. The van der Waals surface area contributed by atoms with Crippen LogP contribution in [0.5, 0.6) is 0 Å². The average molecular weight is 217 g/mol. The molecule has 1 aromatic carbocycles. The third-order valence-electron chi connectivity index (χ3n) is 3.31. The van der Waals surface area contributed by atoms with E-state index in [1.165, 1.54) is 16.6 Å². The highest BCUT2D eigenvalue weighted by molar-refractivity contribution is 5.77. The fourth-order valence-electron chi connectivity index (χ4n) is 1.84. The van der Waals surface area contributed by atoms with Crippen molar-refractivity contribution in [1.82, 2.24) is 9.55 Å². The van der Waals surface area contributed by atoms with Crippen LogP contribution >= 0.6 is 0 Å². The van der Waals surface area contributed by atoms with Crippen molar-refractivity contribution in [2.24, 2.45) is 5.73 Å². The summed E-state index contributed by atoms with van der Waals surface area (Å²) in [7, 11) is 0. The van der Waals surface area contributed by atoms with E-state index in [1.807, 2.05) is 6.33 Å². The lowest BCUT2D eigenvalue weighted by molar-refractivity contribution is 0.377. The van der Waals surface area contributed by atoms with Crippen LogP contribution in [0.2, 0.25) is 0 Å². The van der Waals surface area contributed by atoms with Crippen LogP contribution in [0.4, 0.5) is 0 Å². The van der Waals surface area contributed by atoms with Gasteiger partial charge in [-0.1, -0.05) is 0 Å². The quantitative estimate of drug-likeness (QED) is 0.839. The van der Waals surface area contributed by atoms with Crippen LogP contribution in [0.3, 0.4) is 0 Å². The number of fused-ring (bicyclic) bond motifs is 1. The van der Waals surface area contributed by atoms with Gasteiger partial charge in [0.2, 0.25) is 0 Å². The lowest BCUT2D eigenvalue weighted by Gasteiger charge is -2.25. The normalized spacial score (nSPS) is 12.3. The molecule has 86 valence electrons. The molecule has 0 spiro atoms. The maximum absolute atomic E-state index is 5.81. The van der Waals surface area contributed by atoms with E-state index in [2.05, 4.69) is 49.4 Å². The summed E-state index contributed by atoms with van der Waals surface area (Å²) in [4.78, 5) is 4.44. The predicted octanol–water partition coefficient (Wildman–Crippen LogP) is 2.35. The van der Waals surface area contributed by atoms with Crippen molar-refractivity contribution in [1.29, 1.82) is 0 Å². The Bertz CT molecular complexity index is 523. The fourth-order valence-corrected chi connectivity index (χ4v) is 1.84. The Hall–Kier alpha value is -1.35.